The van der Waals surface area contributed by atoms with Crippen LogP contribution in [0.1, 0.15) is 35.3 Å². The van der Waals surface area contributed by atoms with Crippen LogP contribution in [-0.4, -0.2) is 20.0 Å². The quantitative estimate of drug-likeness (QED) is 0.909. The molecular weight excluding hydrogens is 284 g/mol. The number of amides is 1. The molecule has 1 saturated carbocycles. The van der Waals surface area contributed by atoms with Crippen molar-refractivity contribution in [3.8, 4) is 0 Å². The summed E-state index contributed by atoms with van der Waals surface area (Å²) in [6.07, 6.45) is 1.18. The summed E-state index contributed by atoms with van der Waals surface area (Å²) in [5.41, 5.74) is 3.00. The fraction of sp³-hybridized carbons (Fsp3) is 0.350. The topological polar surface area (TPSA) is 32.3 Å². The van der Waals surface area contributed by atoms with E-state index in [0.717, 1.165) is 5.69 Å². The van der Waals surface area contributed by atoms with E-state index in [1.165, 1.54) is 12.0 Å². The summed E-state index contributed by atoms with van der Waals surface area (Å²) < 4.78 is 0. The molecule has 3 atom stereocenters. The Morgan fingerprint density at radius 3 is 2.22 bits per heavy atom. The third-order valence-corrected chi connectivity index (χ3v) is 4.69. The Hall–Kier alpha value is -2.29. The van der Waals surface area contributed by atoms with Crippen LogP contribution in [0.5, 0.6) is 0 Å². The van der Waals surface area contributed by atoms with Crippen molar-refractivity contribution in [2.24, 2.45) is 11.8 Å². The van der Waals surface area contributed by atoms with Gasteiger partial charge in [0.25, 0.3) is 5.91 Å². The minimum Gasteiger partial charge on any atom is -0.378 e. The molecule has 0 aliphatic heterocycles. The van der Waals surface area contributed by atoms with Crippen LogP contribution >= 0.6 is 0 Å². The molecule has 1 aliphatic rings. The monoisotopic (exact) mass is 308 g/mol. The van der Waals surface area contributed by atoms with Crippen LogP contribution in [0, 0.1) is 11.8 Å². The van der Waals surface area contributed by atoms with E-state index in [1.54, 1.807) is 0 Å². The number of anilines is 1. The molecule has 1 N–H and O–H groups in total. The van der Waals surface area contributed by atoms with Gasteiger partial charge >= 0.3 is 0 Å². The Morgan fingerprint density at radius 1 is 1.09 bits per heavy atom. The number of hydrogen-bond donors (Lipinski definition) is 1. The second-order valence-electron chi connectivity index (χ2n) is 6.68. The van der Waals surface area contributed by atoms with Gasteiger partial charge in [-0.1, -0.05) is 37.3 Å². The van der Waals surface area contributed by atoms with Crippen LogP contribution in [0.15, 0.2) is 54.6 Å². The van der Waals surface area contributed by atoms with Crippen molar-refractivity contribution in [1.29, 1.82) is 0 Å². The Kier molecular flexibility index (Phi) is 4.37. The first-order chi connectivity index (χ1) is 11.1. The number of nitrogens with zero attached hydrogens (tertiary/aromatic N) is 1. The van der Waals surface area contributed by atoms with Crippen molar-refractivity contribution >= 4 is 11.6 Å². The van der Waals surface area contributed by atoms with Gasteiger partial charge in [-0.05, 0) is 48.1 Å². The predicted molar refractivity (Wildman–Crippen MR) is 94.7 cm³/mol. The number of rotatable bonds is 5. The molecule has 3 nitrogen and oxygen atoms in total. The van der Waals surface area contributed by atoms with Crippen molar-refractivity contribution in [1.82, 2.24) is 5.32 Å². The van der Waals surface area contributed by atoms with Crippen LogP contribution < -0.4 is 10.2 Å². The second-order valence-corrected chi connectivity index (χ2v) is 6.68. The van der Waals surface area contributed by atoms with Crippen molar-refractivity contribution in [2.75, 3.05) is 19.0 Å². The van der Waals surface area contributed by atoms with Crippen molar-refractivity contribution < 1.29 is 4.79 Å². The Balaban J connectivity index is 1.76. The van der Waals surface area contributed by atoms with Crippen LogP contribution in [0.2, 0.25) is 0 Å². The van der Waals surface area contributed by atoms with E-state index in [1.807, 2.05) is 61.5 Å². The van der Waals surface area contributed by atoms with Gasteiger partial charge in [0.1, 0.15) is 0 Å². The summed E-state index contributed by atoms with van der Waals surface area (Å²) in [7, 11) is 3.99. The summed E-state index contributed by atoms with van der Waals surface area (Å²) in [6, 6.07) is 18.1. The largest absolute Gasteiger partial charge is 0.378 e. The number of carbonyl (C=O) groups is 1. The first-order valence-electron chi connectivity index (χ1n) is 8.19. The standard InChI is InChI=1S/C20H24N2O/c1-14-13-18(14)19(15-7-5-4-6-8-15)21-20(23)16-9-11-17(12-10-16)22(2)3/h4-12,14,18-19H,13H2,1-3H3,(H,21,23). The minimum atomic E-state index is 0.00302. The molecule has 2 aromatic carbocycles. The zero-order chi connectivity index (χ0) is 16.4. The molecule has 0 heterocycles. The normalized spacial score (nSPS) is 20.7. The molecule has 3 unspecified atom stereocenters. The van der Waals surface area contributed by atoms with Gasteiger partial charge in [0, 0.05) is 25.3 Å². The Morgan fingerprint density at radius 2 is 1.70 bits per heavy atom. The third-order valence-electron chi connectivity index (χ3n) is 4.69. The molecule has 3 rings (SSSR count). The van der Waals surface area contributed by atoms with E-state index in [9.17, 15) is 4.79 Å². The van der Waals surface area contributed by atoms with Crippen molar-refractivity contribution in [2.45, 2.75) is 19.4 Å². The maximum atomic E-state index is 12.6. The number of carbonyl (C=O) groups excluding carboxylic acids is 1. The lowest BCUT2D eigenvalue weighted by Crippen LogP contribution is -2.30. The molecule has 3 heteroatoms. The maximum absolute atomic E-state index is 12.6. The molecule has 23 heavy (non-hydrogen) atoms. The van der Waals surface area contributed by atoms with Gasteiger partial charge in [-0.3, -0.25) is 4.79 Å². The molecule has 0 saturated heterocycles. The minimum absolute atomic E-state index is 0.00302. The summed E-state index contributed by atoms with van der Waals surface area (Å²) in [5.74, 6) is 1.22. The summed E-state index contributed by atoms with van der Waals surface area (Å²) in [5, 5.41) is 3.24. The lowest BCUT2D eigenvalue weighted by Gasteiger charge is -2.20. The summed E-state index contributed by atoms with van der Waals surface area (Å²) in [6.45, 7) is 2.25. The molecular formula is C20H24N2O. The van der Waals surface area contributed by atoms with E-state index < -0.39 is 0 Å². The first kappa shape index (κ1) is 15.6. The molecule has 0 spiro atoms. The van der Waals surface area contributed by atoms with E-state index in [-0.39, 0.29) is 11.9 Å². The van der Waals surface area contributed by atoms with Gasteiger partial charge in [0.05, 0.1) is 6.04 Å². The van der Waals surface area contributed by atoms with Gasteiger partial charge in [0.2, 0.25) is 0 Å². The van der Waals surface area contributed by atoms with Gasteiger partial charge in [-0.15, -0.1) is 0 Å². The second kappa shape index (κ2) is 6.45. The number of hydrogen-bond acceptors (Lipinski definition) is 2. The van der Waals surface area contributed by atoms with Gasteiger partial charge in [-0.2, -0.15) is 0 Å². The molecule has 0 bridgehead atoms. The van der Waals surface area contributed by atoms with Crippen molar-refractivity contribution in [3.05, 3.63) is 65.7 Å². The number of benzene rings is 2. The fourth-order valence-electron chi connectivity index (χ4n) is 3.05. The molecule has 1 fully saturated rings. The predicted octanol–water partition coefficient (Wildman–Crippen LogP) is 3.88. The van der Waals surface area contributed by atoms with Crippen LogP contribution in [0.3, 0.4) is 0 Å². The number of nitrogens with one attached hydrogen (secondary N) is 1. The van der Waals surface area contributed by atoms with E-state index in [2.05, 4.69) is 24.4 Å². The highest BCUT2D eigenvalue weighted by atomic mass is 16.1. The lowest BCUT2D eigenvalue weighted by atomic mass is 10.0. The zero-order valence-electron chi connectivity index (χ0n) is 14.0. The van der Waals surface area contributed by atoms with E-state index >= 15 is 0 Å². The average molecular weight is 308 g/mol. The van der Waals surface area contributed by atoms with E-state index in [0.29, 0.717) is 17.4 Å². The molecule has 1 aliphatic carbocycles. The van der Waals surface area contributed by atoms with Gasteiger partial charge < -0.3 is 10.2 Å². The van der Waals surface area contributed by atoms with Gasteiger partial charge in [0.15, 0.2) is 0 Å². The fourth-order valence-corrected chi connectivity index (χ4v) is 3.05. The Bertz CT molecular complexity index is 664. The van der Waals surface area contributed by atoms with E-state index in [4.69, 9.17) is 0 Å². The zero-order valence-corrected chi connectivity index (χ0v) is 14.0. The van der Waals surface area contributed by atoms with Gasteiger partial charge in [-0.25, -0.2) is 0 Å². The molecule has 0 aromatic heterocycles. The van der Waals surface area contributed by atoms with Crippen LogP contribution in [0.25, 0.3) is 0 Å². The SMILES string of the molecule is CC1CC1C(NC(=O)c1ccc(N(C)C)cc1)c1ccccc1. The average Bonchev–Trinajstić information content (AvgIpc) is 3.29. The lowest BCUT2D eigenvalue weighted by molar-refractivity contribution is 0.0930. The molecule has 0 radical (unpaired) electrons. The maximum Gasteiger partial charge on any atom is 0.251 e. The first-order valence-corrected chi connectivity index (χ1v) is 8.19. The Labute approximate surface area is 138 Å². The third kappa shape index (κ3) is 3.55. The molecule has 120 valence electrons. The molecule has 1 amide bonds. The van der Waals surface area contributed by atoms with Crippen LogP contribution in [-0.2, 0) is 0 Å². The highest BCUT2D eigenvalue weighted by molar-refractivity contribution is 5.94. The van der Waals surface area contributed by atoms with Crippen LogP contribution in [0.4, 0.5) is 5.69 Å². The summed E-state index contributed by atoms with van der Waals surface area (Å²) >= 11 is 0. The smallest absolute Gasteiger partial charge is 0.251 e. The summed E-state index contributed by atoms with van der Waals surface area (Å²) in [4.78, 5) is 14.7. The molecule has 2 aromatic rings. The highest BCUT2D eigenvalue weighted by Crippen LogP contribution is 2.47. The van der Waals surface area contributed by atoms with Crippen molar-refractivity contribution in [3.63, 3.8) is 0 Å². The highest BCUT2D eigenvalue weighted by Gasteiger charge is 2.40.